The van der Waals surface area contributed by atoms with Gasteiger partial charge in [0.25, 0.3) is 0 Å². The topological polar surface area (TPSA) is 128 Å². The molecule has 1 aromatic carbocycles. The molecule has 0 aliphatic heterocycles. The maximum absolute atomic E-state index is 12.0. The predicted molar refractivity (Wildman–Crippen MR) is 94.6 cm³/mol. The van der Waals surface area contributed by atoms with E-state index in [0.717, 1.165) is 5.56 Å². The Labute approximate surface area is 152 Å². The first-order valence-electron chi connectivity index (χ1n) is 8.33. The Balaban J connectivity index is 2.40. The van der Waals surface area contributed by atoms with E-state index >= 15 is 0 Å². The molecule has 8 nitrogen and oxygen atoms in total. The van der Waals surface area contributed by atoms with Crippen molar-refractivity contribution in [3.8, 4) is 0 Å². The summed E-state index contributed by atoms with van der Waals surface area (Å²) in [4.78, 5) is 46.3. The Morgan fingerprint density at radius 3 is 2.12 bits per heavy atom. The minimum absolute atomic E-state index is 0.0223. The van der Waals surface area contributed by atoms with E-state index in [4.69, 9.17) is 5.73 Å². The Kier molecular flexibility index (Phi) is 8.83. The van der Waals surface area contributed by atoms with Crippen LogP contribution < -0.4 is 16.4 Å². The molecule has 0 bridgehead atoms. The highest BCUT2D eigenvalue weighted by Gasteiger charge is 2.20. The summed E-state index contributed by atoms with van der Waals surface area (Å²) in [5.74, 6) is -2.01. The van der Waals surface area contributed by atoms with Gasteiger partial charge in [-0.15, -0.1) is 0 Å². The van der Waals surface area contributed by atoms with Crippen LogP contribution in [-0.4, -0.2) is 36.8 Å². The minimum atomic E-state index is -0.979. The van der Waals surface area contributed by atoms with Crippen LogP contribution in [0, 0.1) is 0 Å². The average Bonchev–Trinajstić information content (AvgIpc) is 2.63. The lowest BCUT2D eigenvalue weighted by Crippen LogP contribution is -2.45. The van der Waals surface area contributed by atoms with Crippen LogP contribution in [0.25, 0.3) is 0 Å². The molecule has 0 unspecified atom stereocenters. The summed E-state index contributed by atoms with van der Waals surface area (Å²) in [5.41, 5.74) is 6.17. The predicted octanol–water partition coefficient (Wildman–Crippen LogP) is 0.567. The van der Waals surface area contributed by atoms with Crippen molar-refractivity contribution in [1.82, 2.24) is 10.6 Å². The molecule has 0 fully saturated rings. The first-order chi connectivity index (χ1) is 12.3. The number of hydrogen-bond donors (Lipinski definition) is 3. The Hall–Kier alpha value is -2.90. The molecule has 1 aromatic rings. The van der Waals surface area contributed by atoms with Crippen LogP contribution in [0.5, 0.6) is 0 Å². The fraction of sp³-hybridized carbons (Fsp3) is 0.444. The molecular formula is C18H25N3O5. The van der Waals surface area contributed by atoms with E-state index in [1.165, 1.54) is 7.11 Å². The van der Waals surface area contributed by atoms with Crippen LogP contribution in [0.1, 0.15) is 44.2 Å². The summed E-state index contributed by atoms with van der Waals surface area (Å²) in [7, 11) is 1.23. The smallest absolute Gasteiger partial charge is 0.305 e. The SMILES string of the molecule is COC(=O)CC[C@H](NC(=O)CCC(=O)N[C@H](C)c1ccccc1)C(N)=O. The summed E-state index contributed by atoms with van der Waals surface area (Å²) in [5, 5.41) is 5.24. The molecule has 1 rings (SSSR count). The number of benzene rings is 1. The van der Waals surface area contributed by atoms with Gasteiger partial charge in [0.05, 0.1) is 13.2 Å². The number of ether oxygens (including phenoxy) is 1. The van der Waals surface area contributed by atoms with Gasteiger partial charge in [0.2, 0.25) is 17.7 Å². The summed E-state index contributed by atoms with van der Waals surface area (Å²) in [6.07, 6.45) is -0.106. The summed E-state index contributed by atoms with van der Waals surface area (Å²) in [6.45, 7) is 1.85. The third-order valence-electron chi connectivity index (χ3n) is 3.80. The number of nitrogens with one attached hydrogen (secondary N) is 2. The highest BCUT2D eigenvalue weighted by molar-refractivity contribution is 5.89. The van der Waals surface area contributed by atoms with Gasteiger partial charge in [0, 0.05) is 19.3 Å². The van der Waals surface area contributed by atoms with Gasteiger partial charge in [-0.3, -0.25) is 19.2 Å². The van der Waals surface area contributed by atoms with Crippen LogP contribution in [0.3, 0.4) is 0 Å². The molecule has 4 N–H and O–H groups in total. The molecule has 0 spiro atoms. The van der Waals surface area contributed by atoms with Crippen molar-refractivity contribution in [3.63, 3.8) is 0 Å². The number of primary amides is 1. The lowest BCUT2D eigenvalue weighted by molar-refractivity contribution is -0.141. The lowest BCUT2D eigenvalue weighted by atomic mass is 10.1. The fourth-order valence-electron chi connectivity index (χ4n) is 2.28. The normalized spacial score (nSPS) is 12.5. The van der Waals surface area contributed by atoms with Crippen LogP contribution in [0.15, 0.2) is 30.3 Å². The highest BCUT2D eigenvalue weighted by atomic mass is 16.5. The van der Waals surface area contributed by atoms with Crippen molar-refractivity contribution in [2.45, 2.75) is 44.7 Å². The Bertz CT molecular complexity index is 633. The number of esters is 1. The number of nitrogens with two attached hydrogens (primary N) is 1. The molecule has 26 heavy (non-hydrogen) atoms. The van der Waals surface area contributed by atoms with Crippen molar-refractivity contribution in [3.05, 3.63) is 35.9 Å². The van der Waals surface area contributed by atoms with E-state index in [2.05, 4.69) is 15.4 Å². The van der Waals surface area contributed by atoms with Crippen molar-refractivity contribution in [1.29, 1.82) is 0 Å². The average molecular weight is 363 g/mol. The van der Waals surface area contributed by atoms with E-state index in [-0.39, 0.29) is 37.6 Å². The molecule has 2 atom stereocenters. The molecule has 0 aliphatic carbocycles. The molecule has 0 radical (unpaired) electrons. The first kappa shape index (κ1) is 21.1. The van der Waals surface area contributed by atoms with E-state index in [1.807, 2.05) is 37.3 Å². The summed E-state index contributed by atoms with van der Waals surface area (Å²) in [6, 6.07) is 8.29. The standard InChI is InChI=1S/C18H25N3O5/c1-12(13-6-4-3-5-7-13)20-15(22)9-10-16(23)21-14(18(19)25)8-11-17(24)26-2/h3-7,12,14H,8-11H2,1-2H3,(H2,19,25)(H,20,22)(H,21,23)/t12-,14+/m1/s1. The zero-order valence-corrected chi connectivity index (χ0v) is 15.0. The maximum atomic E-state index is 12.0. The molecule has 3 amide bonds. The van der Waals surface area contributed by atoms with Crippen molar-refractivity contribution in [2.24, 2.45) is 5.73 Å². The second-order valence-electron chi connectivity index (χ2n) is 5.84. The molecular weight excluding hydrogens is 338 g/mol. The molecule has 0 aliphatic rings. The van der Waals surface area contributed by atoms with E-state index < -0.39 is 23.8 Å². The third kappa shape index (κ3) is 7.78. The summed E-state index contributed by atoms with van der Waals surface area (Å²) < 4.78 is 4.48. The lowest BCUT2D eigenvalue weighted by Gasteiger charge is -2.16. The third-order valence-corrected chi connectivity index (χ3v) is 3.80. The number of methoxy groups -OCH3 is 1. The van der Waals surface area contributed by atoms with Gasteiger partial charge in [0.1, 0.15) is 6.04 Å². The van der Waals surface area contributed by atoms with Crippen LogP contribution in [0.4, 0.5) is 0 Å². The Morgan fingerprint density at radius 1 is 1.00 bits per heavy atom. The van der Waals surface area contributed by atoms with Crippen LogP contribution in [-0.2, 0) is 23.9 Å². The monoisotopic (exact) mass is 363 g/mol. The number of rotatable bonds is 10. The molecule has 8 heteroatoms. The van der Waals surface area contributed by atoms with Gasteiger partial charge in [-0.1, -0.05) is 30.3 Å². The molecule has 0 saturated carbocycles. The number of carbonyl (C=O) groups is 4. The number of carbonyl (C=O) groups excluding carboxylic acids is 4. The quantitative estimate of drug-likeness (QED) is 0.524. The van der Waals surface area contributed by atoms with Gasteiger partial charge in [-0.2, -0.15) is 0 Å². The van der Waals surface area contributed by atoms with Gasteiger partial charge < -0.3 is 21.1 Å². The van der Waals surface area contributed by atoms with Gasteiger partial charge in [-0.25, -0.2) is 0 Å². The molecule has 0 heterocycles. The largest absolute Gasteiger partial charge is 0.469 e. The van der Waals surface area contributed by atoms with Crippen molar-refractivity contribution in [2.75, 3.05) is 7.11 Å². The Morgan fingerprint density at radius 2 is 1.58 bits per heavy atom. The number of amides is 3. The molecule has 142 valence electrons. The van der Waals surface area contributed by atoms with E-state index in [9.17, 15) is 19.2 Å². The van der Waals surface area contributed by atoms with Gasteiger partial charge >= 0.3 is 5.97 Å². The zero-order chi connectivity index (χ0) is 19.5. The van der Waals surface area contributed by atoms with Crippen LogP contribution >= 0.6 is 0 Å². The highest BCUT2D eigenvalue weighted by Crippen LogP contribution is 2.11. The van der Waals surface area contributed by atoms with E-state index in [0.29, 0.717) is 0 Å². The second kappa shape index (κ2) is 10.9. The van der Waals surface area contributed by atoms with Gasteiger partial charge in [0.15, 0.2) is 0 Å². The fourth-order valence-corrected chi connectivity index (χ4v) is 2.28. The summed E-state index contributed by atoms with van der Waals surface area (Å²) >= 11 is 0. The van der Waals surface area contributed by atoms with Crippen LogP contribution in [0.2, 0.25) is 0 Å². The second-order valence-corrected chi connectivity index (χ2v) is 5.84. The first-order valence-corrected chi connectivity index (χ1v) is 8.33. The minimum Gasteiger partial charge on any atom is -0.469 e. The van der Waals surface area contributed by atoms with Crippen molar-refractivity contribution < 1.29 is 23.9 Å². The zero-order valence-electron chi connectivity index (χ0n) is 15.0. The molecule has 0 aromatic heterocycles. The maximum Gasteiger partial charge on any atom is 0.305 e. The van der Waals surface area contributed by atoms with Gasteiger partial charge in [-0.05, 0) is 18.9 Å². The van der Waals surface area contributed by atoms with Crippen molar-refractivity contribution >= 4 is 23.7 Å². The number of hydrogen-bond acceptors (Lipinski definition) is 5. The van der Waals surface area contributed by atoms with E-state index in [1.54, 1.807) is 0 Å². The molecule has 0 saturated heterocycles.